The van der Waals surface area contributed by atoms with E-state index in [4.69, 9.17) is 0 Å². The topological polar surface area (TPSA) is 84.0 Å². The van der Waals surface area contributed by atoms with Crippen molar-refractivity contribution < 1.29 is 8.42 Å². The summed E-state index contributed by atoms with van der Waals surface area (Å²) in [4.78, 5) is 8.76. The van der Waals surface area contributed by atoms with Gasteiger partial charge in [-0.15, -0.1) is 11.3 Å². The van der Waals surface area contributed by atoms with Crippen LogP contribution in [0.5, 0.6) is 0 Å². The third-order valence-corrected chi connectivity index (χ3v) is 6.35. The molecule has 0 aliphatic rings. The molecule has 0 unspecified atom stereocenters. The molecule has 0 saturated carbocycles. The maximum absolute atomic E-state index is 12.6. The van der Waals surface area contributed by atoms with Gasteiger partial charge in [-0.05, 0) is 55.5 Å². The number of anilines is 3. The molecule has 29 heavy (non-hydrogen) atoms. The van der Waals surface area contributed by atoms with E-state index in [1.54, 1.807) is 48.8 Å². The van der Waals surface area contributed by atoms with Crippen LogP contribution in [0.25, 0.3) is 11.3 Å². The van der Waals surface area contributed by atoms with Gasteiger partial charge in [-0.25, -0.2) is 13.4 Å². The highest BCUT2D eigenvalue weighted by atomic mass is 32.2. The summed E-state index contributed by atoms with van der Waals surface area (Å²) in [6.45, 7) is 1.95. The summed E-state index contributed by atoms with van der Waals surface area (Å²) in [5, 5.41) is 5.89. The number of hydrogen-bond acceptors (Lipinski definition) is 6. The van der Waals surface area contributed by atoms with E-state index in [-0.39, 0.29) is 4.90 Å². The van der Waals surface area contributed by atoms with Gasteiger partial charge in [0.05, 0.1) is 10.6 Å². The summed E-state index contributed by atoms with van der Waals surface area (Å²) in [6, 6.07) is 17.6. The first kappa shape index (κ1) is 19.1. The maximum atomic E-state index is 12.6. The standard InChI is InChI=1S/C21H18N4O2S2/c1-15-2-4-18(5-3-15)25-29(26,27)19-8-6-17(7-9-19)23-21-24-20(14-28-21)16-10-12-22-13-11-16/h2-14,25H,1H3,(H,23,24). The maximum Gasteiger partial charge on any atom is 0.261 e. The number of nitrogens with zero attached hydrogens (tertiary/aromatic N) is 2. The highest BCUT2D eigenvalue weighted by molar-refractivity contribution is 7.92. The Kier molecular flexibility index (Phi) is 5.28. The van der Waals surface area contributed by atoms with Crippen LogP contribution in [-0.4, -0.2) is 18.4 Å². The summed E-state index contributed by atoms with van der Waals surface area (Å²) < 4.78 is 27.7. The molecule has 0 amide bonds. The Morgan fingerprint density at radius 2 is 1.52 bits per heavy atom. The molecule has 0 radical (unpaired) electrons. The van der Waals surface area contributed by atoms with Crippen LogP contribution in [0.4, 0.5) is 16.5 Å². The van der Waals surface area contributed by atoms with E-state index in [0.717, 1.165) is 27.6 Å². The minimum absolute atomic E-state index is 0.195. The summed E-state index contributed by atoms with van der Waals surface area (Å²) in [5.41, 5.74) is 4.21. The van der Waals surface area contributed by atoms with E-state index in [2.05, 4.69) is 20.0 Å². The van der Waals surface area contributed by atoms with Crippen LogP contribution >= 0.6 is 11.3 Å². The molecule has 0 aliphatic heterocycles. The number of benzene rings is 2. The lowest BCUT2D eigenvalue weighted by molar-refractivity contribution is 0.601. The Bertz CT molecular complexity index is 1200. The highest BCUT2D eigenvalue weighted by Gasteiger charge is 2.14. The largest absolute Gasteiger partial charge is 0.332 e. The van der Waals surface area contributed by atoms with Crippen molar-refractivity contribution in [3.05, 3.63) is 84.0 Å². The van der Waals surface area contributed by atoms with Crippen LogP contribution in [0, 0.1) is 6.92 Å². The Labute approximate surface area is 173 Å². The molecule has 146 valence electrons. The smallest absolute Gasteiger partial charge is 0.261 e. The third kappa shape index (κ3) is 4.61. The minimum Gasteiger partial charge on any atom is -0.332 e. The molecule has 6 nitrogen and oxygen atoms in total. The molecule has 4 aromatic rings. The lowest BCUT2D eigenvalue weighted by atomic mass is 10.2. The van der Waals surface area contributed by atoms with Crippen molar-refractivity contribution in [2.75, 3.05) is 10.0 Å². The number of sulfonamides is 1. The molecule has 0 atom stereocenters. The van der Waals surface area contributed by atoms with E-state index in [1.165, 1.54) is 11.3 Å². The second-order valence-electron chi connectivity index (χ2n) is 6.39. The molecule has 2 aromatic carbocycles. The fraction of sp³-hybridized carbons (Fsp3) is 0.0476. The van der Waals surface area contributed by atoms with Crippen molar-refractivity contribution >= 4 is 37.9 Å². The van der Waals surface area contributed by atoms with Crippen molar-refractivity contribution in [1.82, 2.24) is 9.97 Å². The monoisotopic (exact) mass is 422 g/mol. The molecule has 0 saturated heterocycles. The predicted octanol–water partition coefficient (Wildman–Crippen LogP) is 5.06. The number of thiazole rings is 1. The van der Waals surface area contributed by atoms with E-state index in [0.29, 0.717) is 5.69 Å². The Balaban J connectivity index is 1.46. The van der Waals surface area contributed by atoms with Crippen LogP contribution in [0.3, 0.4) is 0 Å². The van der Waals surface area contributed by atoms with E-state index < -0.39 is 10.0 Å². The molecule has 0 aliphatic carbocycles. The average Bonchev–Trinajstić information content (AvgIpc) is 3.19. The first-order chi connectivity index (χ1) is 14.0. The molecule has 0 fully saturated rings. The molecule has 0 spiro atoms. The number of pyridine rings is 1. The molecule has 2 aromatic heterocycles. The quantitative estimate of drug-likeness (QED) is 0.454. The van der Waals surface area contributed by atoms with E-state index in [1.807, 2.05) is 36.6 Å². The van der Waals surface area contributed by atoms with Crippen LogP contribution in [0.15, 0.2) is 83.3 Å². The Morgan fingerprint density at radius 1 is 0.862 bits per heavy atom. The molecule has 2 heterocycles. The summed E-state index contributed by atoms with van der Waals surface area (Å²) >= 11 is 1.48. The number of aromatic nitrogens is 2. The zero-order valence-electron chi connectivity index (χ0n) is 15.5. The number of nitrogens with one attached hydrogen (secondary N) is 2. The second kappa shape index (κ2) is 8.02. The van der Waals surface area contributed by atoms with Crippen molar-refractivity contribution in [3.63, 3.8) is 0 Å². The van der Waals surface area contributed by atoms with Gasteiger partial charge in [-0.3, -0.25) is 9.71 Å². The van der Waals surface area contributed by atoms with Crippen molar-refractivity contribution in [1.29, 1.82) is 0 Å². The fourth-order valence-corrected chi connectivity index (χ4v) is 4.46. The second-order valence-corrected chi connectivity index (χ2v) is 8.94. The van der Waals surface area contributed by atoms with Gasteiger partial charge < -0.3 is 5.32 Å². The molecule has 0 bridgehead atoms. The lowest BCUT2D eigenvalue weighted by Gasteiger charge is -2.09. The number of hydrogen-bond donors (Lipinski definition) is 2. The summed E-state index contributed by atoms with van der Waals surface area (Å²) in [7, 11) is -3.64. The SMILES string of the molecule is Cc1ccc(NS(=O)(=O)c2ccc(Nc3nc(-c4ccncc4)cs3)cc2)cc1. The van der Waals surface area contributed by atoms with E-state index >= 15 is 0 Å². The van der Waals surface area contributed by atoms with Gasteiger partial charge in [0.1, 0.15) is 0 Å². The van der Waals surface area contributed by atoms with Gasteiger partial charge in [0.25, 0.3) is 10.0 Å². The van der Waals surface area contributed by atoms with Crippen molar-refractivity contribution in [2.45, 2.75) is 11.8 Å². The summed E-state index contributed by atoms with van der Waals surface area (Å²) in [5.74, 6) is 0. The molecular weight excluding hydrogens is 404 g/mol. The Morgan fingerprint density at radius 3 is 2.21 bits per heavy atom. The molecule has 4 rings (SSSR count). The van der Waals surface area contributed by atoms with Crippen molar-refractivity contribution in [2.24, 2.45) is 0 Å². The van der Waals surface area contributed by atoms with E-state index in [9.17, 15) is 8.42 Å². The molecule has 8 heteroatoms. The fourth-order valence-electron chi connectivity index (χ4n) is 2.66. The molecular formula is C21H18N4O2S2. The van der Waals surface area contributed by atoms with Crippen LogP contribution in [-0.2, 0) is 10.0 Å². The first-order valence-corrected chi connectivity index (χ1v) is 11.2. The number of rotatable bonds is 6. The lowest BCUT2D eigenvalue weighted by Crippen LogP contribution is -2.12. The Hall–Kier alpha value is -3.23. The van der Waals surface area contributed by atoms with Gasteiger partial charge in [0, 0.05) is 34.7 Å². The zero-order valence-corrected chi connectivity index (χ0v) is 17.2. The third-order valence-electron chi connectivity index (χ3n) is 4.20. The average molecular weight is 423 g/mol. The van der Waals surface area contributed by atoms with Gasteiger partial charge in [-0.2, -0.15) is 0 Å². The van der Waals surface area contributed by atoms with Crippen LogP contribution in [0.2, 0.25) is 0 Å². The van der Waals surface area contributed by atoms with Gasteiger partial charge >= 0.3 is 0 Å². The zero-order chi connectivity index (χ0) is 20.3. The van der Waals surface area contributed by atoms with Crippen LogP contribution in [0.1, 0.15) is 5.56 Å². The van der Waals surface area contributed by atoms with Gasteiger partial charge in [0.2, 0.25) is 0 Å². The normalized spacial score (nSPS) is 11.2. The molecule has 2 N–H and O–H groups in total. The van der Waals surface area contributed by atoms with Gasteiger partial charge in [-0.1, -0.05) is 17.7 Å². The summed E-state index contributed by atoms with van der Waals surface area (Å²) in [6.07, 6.45) is 3.46. The van der Waals surface area contributed by atoms with Crippen LogP contribution < -0.4 is 10.0 Å². The van der Waals surface area contributed by atoms with Crippen molar-refractivity contribution in [3.8, 4) is 11.3 Å². The minimum atomic E-state index is -3.64. The first-order valence-electron chi connectivity index (χ1n) is 8.82. The highest BCUT2D eigenvalue weighted by Crippen LogP contribution is 2.27. The van der Waals surface area contributed by atoms with Gasteiger partial charge in [0.15, 0.2) is 5.13 Å². The predicted molar refractivity (Wildman–Crippen MR) is 117 cm³/mol. The number of aryl methyl sites for hydroxylation is 1.